The molecule has 1 fully saturated rings. The van der Waals surface area contributed by atoms with Gasteiger partial charge < -0.3 is 24.6 Å². The van der Waals surface area contributed by atoms with Gasteiger partial charge in [0.25, 0.3) is 11.8 Å². The highest BCUT2D eigenvalue weighted by Gasteiger charge is 2.43. The summed E-state index contributed by atoms with van der Waals surface area (Å²) >= 11 is 0. The Balaban J connectivity index is 1.44. The lowest BCUT2D eigenvalue weighted by molar-refractivity contribution is -0.178. The third-order valence-corrected chi connectivity index (χ3v) is 6.73. The van der Waals surface area contributed by atoms with E-state index in [0.29, 0.717) is 25.2 Å². The Morgan fingerprint density at radius 1 is 0.974 bits per heavy atom. The largest absolute Gasteiger partial charge is 0.448 e. The maximum Gasteiger partial charge on any atom is 0.303 e. The first-order valence-corrected chi connectivity index (χ1v) is 12.5. The fraction of sp³-hybridized carbons (Fsp3) is 0.393. The van der Waals surface area contributed by atoms with Crippen LogP contribution in [0.3, 0.4) is 0 Å². The second kappa shape index (κ2) is 11.8. The van der Waals surface area contributed by atoms with Gasteiger partial charge in [-0.3, -0.25) is 19.2 Å². The molecule has 2 aliphatic rings. The average molecular weight is 519 g/mol. The van der Waals surface area contributed by atoms with Gasteiger partial charge >= 0.3 is 11.9 Å². The molecule has 10 nitrogen and oxygen atoms in total. The summed E-state index contributed by atoms with van der Waals surface area (Å²) in [5, 5.41) is 12.2. The zero-order valence-corrected chi connectivity index (χ0v) is 21.4. The van der Waals surface area contributed by atoms with Crippen molar-refractivity contribution in [2.75, 3.05) is 24.5 Å². The van der Waals surface area contributed by atoms with E-state index in [0.717, 1.165) is 43.6 Å². The van der Waals surface area contributed by atoms with Crippen LogP contribution < -0.4 is 10.2 Å². The van der Waals surface area contributed by atoms with Crippen LogP contribution in [0.15, 0.2) is 48.5 Å². The molecule has 1 saturated heterocycles. The molecule has 2 aromatic carbocycles. The van der Waals surface area contributed by atoms with Crippen LogP contribution in [-0.4, -0.2) is 60.5 Å². The summed E-state index contributed by atoms with van der Waals surface area (Å²) in [6.45, 7) is 4.45. The minimum atomic E-state index is -1.63. The number of ether oxygens (including phenoxy) is 2. The number of carbonyl (C=O) groups excluding carboxylic acids is 4. The molecule has 0 spiro atoms. The number of hydrogen-bond acceptors (Lipinski definition) is 8. The first-order valence-electron chi connectivity index (χ1n) is 12.5. The topological polar surface area (TPSA) is 129 Å². The molecule has 0 saturated carbocycles. The average Bonchev–Trinajstić information content (AvgIpc) is 3.56. The van der Waals surface area contributed by atoms with Crippen LogP contribution in [0.2, 0.25) is 0 Å². The minimum Gasteiger partial charge on any atom is -0.448 e. The number of anilines is 1. The third-order valence-electron chi connectivity index (χ3n) is 6.73. The van der Waals surface area contributed by atoms with Gasteiger partial charge in [-0.1, -0.05) is 36.4 Å². The molecule has 4 rings (SSSR count). The van der Waals surface area contributed by atoms with Crippen LogP contribution in [0.5, 0.6) is 0 Å². The molecule has 2 aromatic rings. The molecule has 0 radical (unpaired) electrons. The standard InChI is InChI=1S/C28H30N4O6/c1-18(33)37-25(26(38-19(2)34)28(36)32-16-22-8-3-4-9-23(22)17-32)27(35)30-14-20-11-12-31(15-20)24-10-6-5-7-21(24)13-29/h3-10,20,25-26H,11-12,14-17H2,1-2H3,(H,30,35)/t20?,25-,26-/m1/s1. The smallest absolute Gasteiger partial charge is 0.303 e. The van der Waals surface area contributed by atoms with Crippen LogP contribution >= 0.6 is 0 Å². The molecule has 2 aliphatic heterocycles. The molecule has 2 heterocycles. The number of amides is 2. The van der Waals surface area contributed by atoms with Crippen molar-refractivity contribution in [2.24, 2.45) is 5.92 Å². The monoisotopic (exact) mass is 518 g/mol. The number of benzene rings is 2. The molecule has 198 valence electrons. The number of esters is 2. The fourth-order valence-electron chi connectivity index (χ4n) is 4.93. The van der Waals surface area contributed by atoms with Crippen LogP contribution in [0, 0.1) is 17.2 Å². The minimum absolute atomic E-state index is 0.0691. The maximum absolute atomic E-state index is 13.4. The van der Waals surface area contributed by atoms with E-state index in [1.54, 1.807) is 6.07 Å². The second-order valence-corrected chi connectivity index (χ2v) is 9.50. The van der Waals surface area contributed by atoms with E-state index in [2.05, 4.69) is 16.3 Å². The normalized spacial score (nSPS) is 17.7. The summed E-state index contributed by atoms with van der Waals surface area (Å²) in [6, 6.07) is 17.1. The number of rotatable bonds is 8. The quantitative estimate of drug-likeness (QED) is 0.525. The van der Waals surface area contributed by atoms with Crippen LogP contribution in [0.25, 0.3) is 0 Å². The first kappa shape index (κ1) is 26.7. The highest BCUT2D eigenvalue weighted by molar-refractivity contribution is 5.93. The summed E-state index contributed by atoms with van der Waals surface area (Å²) in [5.74, 6) is -2.81. The number of nitrogens with zero attached hydrogens (tertiary/aromatic N) is 3. The molecule has 38 heavy (non-hydrogen) atoms. The zero-order chi connectivity index (χ0) is 27.2. The van der Waals surface area contributed by atoms with E-state index >= 15 is 0 Å². The Kier molecular flexibility index (Phi) is 8.26. The van der Waals surface area contributed by atoms with Crippen molar-refractivity contribution in [2.45, 2.75) is 45.6 Å². The molecular weight excluding hydrogens is 488 g/mol. The van der Waals surface area contributed by atoms with Gasteiger partial charge in [-0.25, -0.2) is 0 Å². The molecule has 1 N–H and O–H groups in total. The molecule has 3 atom stereocenters. The third kappa shape index (κ3) is 6.11. The Labute approximate surface area is 221 Å². The van der Waals surface area contributed by atoms with Crippen molar-refractivity contribution in [3.63, 3.8) is 0 Å². The van der Waals surface area contributed by atoms with E-state index in [-0.39, 0.29) is 12.5 Å². The Morgan fingerprint density at radius 2 is 1.58 bits per heavy atom. The van der Waals surface area contributed by atoms with Crippen molar-refractivity contribution in [1.82, 2.24) is 10.2 Å². The number of para-hydroxylation sites is 1. The molecule has 2 amide bonds. The Bertz CT molecular complexity index is 1250. The summed E-state index contributed by atoms with van der Waals surface area (Å²) < 4.78 is 10.5. The van der Waals surface area contributed by atoms with E-state index in [4.69, 9.17) is 9.47 Å². The molecular formula is C28H30N4O6. The van der Waals surface area contributed by atoms with Gasteiger partial charge in [0, 0.05) is 46.6 Å². The van der Waals surface area contributed by atoms with Gasteiger partial charge in [-0.15, -0.1) is 0 Å². The van der Waals surface area contributed by atoms with Gasteiger partial charge in [0.2, 0.25) is 12.2 Å². The fourth-order valence-corrected chi connectivity index (χ4v) is 4.93. The second-order valence-electron chi connectivity index (χ2n) is 9.50. The van der Waals surface area contributed by atoms with Crippen LogP contribution in [0.4, 0.5) is 5.69 Å². The lowest BCUT2D eigenvalue weighted by Gasteiger charge is -2.28. The van der Waals surface area contributed by atoms with E-state index in [9.17, 15) is 24.4 Å². The molecule has 0 aliphatic carbocycles. The van der Waals surface area contributed by atoms with Crippen LogP contribution in [-0.2, 0) is 41.7 Å². The number of fused-ring (bicyclic) bond motifs is 1. The van der Waals surface area contributed by atoms with Crippen molar-refractivity contribution < 1.29 is 28.7 Å². The molecule has 10 heteroatoms. The highest BCUT2D eigenvalue weighted by Crippen LogP contribution is 2.27. The van der Waals surface area contributed by atoms with Crippen LogP contribution in [0.1, 0.15) is 37.0 Å². The lowest BCUT2D eigenvalue weighted by atomic mass is 10.1. The van der Waals surface area contributed by atoms with E-state index in [1.165, 1.54) is 4.90 Å². The van der Waals surface area contributed by atoms with Crippen molar-refractivity contribution >= 4 is 29.4 Å². The predicted molar refractivity (Wildman–Crippen MR) is 136 cm³/mol. The maximum atomic E-state index is 13.4. The number of hydrogen-bond donors (Lipinski definition) is 1. The summed E-state index contributed by atoms with van der Waals surface area (Å²) in [4.78, 5) is 54.0. The summed E-state index contributed by atoms with van der Waals surface area (Å²) in [5.41, 5.74) is 3.34. The predicted octanol–water partition coefficient (Wildman–Crippen LogP) is 1.91. The highest BCUT2D eigenvalue weighted by atomic mass is 16.6. The molecule has 0 bridgehead atoms. The summed E-state index contributed by atoms with van der Waals surface area (Å²) in [7, 11) is 0. The summed E-state index contributed by atoms with van der Waals surface area (Å²) in [6.07, 6.45) is -2.48. The van der Waals surface area contributed by atoms with Gasteiger partial charge in [-0.05, 0) is 35.6 Å². The number of carbonyl (C=O) groups is 4. The van der Waals surface area contributed by atoms with Crippen molar-refractivity contribution in [3.8, 4) is 6.07 Å². The van der Waals surface area contributed by atoms with Crippen molar-refractivity contribution in [3.05, 3.63) is 65.2 Å². The van der Waals surface area contributed by atoms with Gasteiger partial charge in [0.05, 0.1) is 11.3 Å². The zero-order valence-electron chi connectivity index (χ0n) is 21.4. The van der Waals surface area contributed by atoms with Gasteiger partial charge in [0.1, 0.15) is 6.07 Å². The Morgan fingerprint density at radius 3 is 2.21 bits per heavy atom. The molecule has 0 aromatic heterocycles. The van der Waals surface area contributed by atoms with Crippen molar-refractivity contribution in [1.29, 1.82) is 5.26 Å². The van der Waals surface area contributed by atoms with E-state index in [1.807, 2.05) is 42.5 Å². The van der Waals surface area contributed by atoms with E-state index < -0.39 is 36.0 Å². The first-order chi connectivity index (χ1) is 18.3. The number of nitrogens with one attached hydrogen (secondary N) is 1. The lowest BCUT2D eigenvalue weighted by Crippen LogP contribution is -2.53. The SMILES string of the molecule is CC(=O)O[C@@H](C(=O)NCC1CCN(c2ccccc2C#N)C1)[C@@H](OC(C)=O)C(=O)N1Cc2ccccc2C1. The molecule has 1 unspecified atom stereocenters. The van der Waals surface area contributed by atoms with Gasteiger partial charge in [0.15, 0.2) is 0 Å². The number of nitriles is 1. The van der Waals surface area contributed by atoms with Gasteiger partial charge in [-0.2, -0.15) is 5.26 Å². The Hall–Kier alpha value is -4.39.